The first-order valence-corrected chi connectivity index (χ1v) is 7.39. The van der Waals surface area contributed by atoms with E-state index in [1.165, 1.54) is 5.56 Å². The Kier molecular flexibility index (Phi) is 2.74. The van der Waals surface area contributed by atoms with Gasteiger partial charge < -0.3 is 14.2 Å². The number of carbonyl (C=O) groups is 1. The van der Waals surface area contributed by atoms with Crippen molar-refractivity contribution in [2.75, 3.05) is 6.79 Å². The quantitative estimate of drug-likeness (QED) is 0.845. The zero-order valence-corrected chi connectivity index (χ0v) is 11.6. The molecule has 2 bridgehead atoms. The smallest absolute Gasteiger partial charge is 0.231 e. The second-order valence-corrected chi connectivity index (χ2v) is 5.79. The number of fused-ring (bicyclic) bond motifs is 6. The summed E-state index contributed by atoms with van der Waals surface area (Å²) in [6.45, 7) is 2.40. The van der Waals surface area contributed by atoms with Crippen molar-refractivity contribution in [3.63, 3.8) is 0 Å². The average Bonchev–Trinajstić information content (AvgIpc) is 3.15. The molecular weight excluding hydrogens is 256 g/mol. The van der Waals surface area contributed by atoms with Gasteiger partial charge >= 0.3 is 0 Å². The van der Waals surface area contributed by atoms with Gasteiger partial charge in [0, 0.05) is 6.42 Å². The Morgan fingerprint density at radius 2 is 2.00 bits per heavy atom. The van der Waals surface area contributed by atoms with Crippen LogP contribution in [-0.2, 0) is 9.53 Å². The van der Waals surface area contributed by atoms with E-state index in [4.69, 9.17) is 14.2 Å². The Balaban J connectivity index is 1.62. The molecule has 0 saturated carbocycles. The van der Waals surface area contributed by atoms with Crippen molar-refractivity contribution in [3.05, 3.63) is 23.3 Å². The number of hydrogen-bond acceptors (Lipinski definition) is 4. The fraction of sp³-hybridized carbons (Fsp3) is 0.562. The van der Waals surface area contributed by atoms with Gasteiger partial charge in [-0.15, -0.1) is 0 Å². The van der Waals surface area contributed by atoms with Gasteiger partial charge in [0.15, 0.2) is 11.5 Å². The van der Waals surface area contributed by atoms with Crippen molar-refractivity contribution in [2.24, 2.45) is 5.92 Å². The van der Waals surface area contributed by atoms with Crippen LogP contribution in [0.1, 0.15) is 55.9 Å². The number of Topliss-reactive ketones (excluding diaryl/α,β-unsaturated/α-hetero) is 1. The third-order valence-corrected chi connectivity index (χ3v) is 4.57. The van der Waals surface area contributed by atoms with Crippen LogP contribution in [0.25, 0.3) is 0 Å². The summed E-state index contributed by atoms with van der Waals surface area (Å²) in [5.41, 5.74) is 2.30. The van der Waals surface area contributed by atoms with Crippen molar-refractivity contribution >= 4 is 5.78 Å². The summed E-state index contributed by atoms with van der Waals surface area (Å²) in [6, 6.07) is 4.02. The maximum absolute atomic E-state index is 12.3. The highest BCUT2D eigenvalue weighted by molar-refractivity contribution is 5.83. The number of hydrogen-bond donors (Lipinski definition) is 0. The molecule has 0 spiro atoms. The van der Waals surface area contributed by atoms with E-state index in [1.54, 1.807) is 0 Å². The largest absolute Gasteiger partial charge is 0.454 e. The van der Waals surface area contributed by atoms with E-state index in [2.05, 4.69) is 6.92 Å². The molecule has 0 amide bonds. The Bertz CT molecular complexity index is 566. The predicted octanol–water partition coefficient (Wildman–Crippen LogP) is 3.31. The first-order valence-electron chi connectivity index (χ1n) is 7.39. The molecule has 4 rings (SSSR count). The molecule has 1 fully saturated rings. The molecule has 3 heterocycles. The molecule has 1 aromatic carbocycles. The number of benzene rings is 1. The number of unbranched alkanes of at least 4 members (excludes halogenated alkanes) is 1. The highest BCUT2D eigenvalue weighted by Crippen LogP contribution is 2.56. The molecule has 0 N–H and O–H groups in total. The molecule has 0 radical (unpaired) electrons. The number of carbonyl (C=O) groups excluding carboxylic acids is 1. The van der Waals surface area contributed by atoms with Crippen molar-refractivity contribution in [1.82, 2.24) is 0 Å². The van der Waals surface area contributed by atoms with Gasteiger partial charge in [-0.1, -0.05) is 13.3 Å². The third-order valence-electron chi connectivity index (χ3n) is 4.57. The van der Waals surface area contributed by atoms with Gasteiger partial charge in [0.05, 0.1) is 18.1 Å². The molecule has 106 valence electrons. The summed E-state index contributed by atoms with van der Waals surface area (Å²) in [6.07, 6.45) is 3.51. The van der Waals surface area contributed by atoms with Crippen LogP contribution in [0.4, 0.5) is 0 Å². The summed E-state index contributed by atoms with van der Waals surface area (Å²) in [5, 5.41) is 0. The molecule has 0 aromatic heterocycles. The van der Waals surface area contributed by atoms with Gasteiger partial charge in [-0.2, -0.15) is 0 Å². The van der Waals surface area contributed by atoms with Gasteiger partial charge in [-0.3, -0.25) is 4.79 Å². The van der Waals surface area contributed by atoms with E-state index < -0.39 is 0 Å². The molecule has 4 nitrogen and oxygen atoms in total. The van der Waals surface area contributed by atoms with Gasteiger partial charge in [-0.25, -0.2) is 0 Å². The van der Waals surface area contributed by atoms with Crippen LogP contribution in [0.3, 0.4) is 0 Å². The molecular formula is C16H18O4. The second kappa shape index (κ2) is 4.48. The Morgan fingerprint density at radius 1 is 1.25 bits per heavy atom. The topological polar surface area (TPSA) is 44.8 Å². The summed E-state index contributed by atoms with van der Waals surface area (Å²) >= 11 is 0. The number of ketones is 1. The molecule has 3 aliphatic rings. The van der Waals surface area contributed by atoms with Crippen LogP contribution in [0.15, 0.2) is 12.1 Å². The molecule has 3 atom stereocenters. The lowest BCUT2D eigenvalue weighted by Gasteiger charge is -2.20. The average molecular weight is 274 g/mol. The van der Waals surface area contributed by atoms with Crippen molar-refractivity contribution in [1.29, 1.82) is 0 Å². The van der Waals surface area contributed by atoms with Crippen molar-refractivity contribution in [2.45, 2.75) is 44.8 Å². The molecule has 1 saturated heterocycles. The van der Waals surface area contributed by atoms with Gasteiger partial charge in [0.1, 0.15) is 5.78 Å². The van der Waals surface area contributed by atoms with E-state index in [0.717, 1.165) is 36.3 Å². The zero-order chi connectivity index (χ0) is 13.7. The van der Waals surface area contributed by atoms with Crippen LogP contribution in [-0.4, -0.2) is 12.6 Å². The maximum Gasteiger partial charge on any atom is 0.231 e. The van der Waals surface area contributed by atoms with Gasteiger partial charge in [0.2, 0.25) is 6.79 Å². The standard InChI is InChI=1S/C16H18O4/c1-2-3-4-12(17)11-7-13-9-5-14-15(19-8-18-14)6-10(9)16(11)20-13/h5-6,11,13,16H,2-4,7-8H2,1H3/t11-,13-,16-/m1/s1. The number of ether oxygens (including phenoxy) is 3. The van der Waals surface area contributed by atoms with Crippen molar-refractivity contribution < 1.29 is 19.0 Å². The third kappa shape index (κ3) is 1.67. The SMILES string of the molecule is CCCCC(=O)[C@H]1C[C@H]2O[C@@H]1c1cc3c(cc12)OCO3. The molecule has 4 heteroatoms. The van der Waals surface area contributed by atoms with Gasteiger partial charge in [0.25, 0.3) is 0 Å². The molecule has 0 aliphatic carbocycles. The highest BCUT2D eigenvalue weighted by atomic mass is 16.7. The first-order chi connectivity index (χ1) is 9.78. The van der Waals surface area contributed by atoms with Crippen LogP contribution >= 0.6 is 0 Å². The fourth-order valence-corrected chi connectivity index (χ4v) is 3.51. The Hall–Kier alpha value is -1.55. The van der Waals surface area contributed by atoms with Crippen LogP contribution in [0, 0.1) is 5.92 Å². The Labute approximate surface area is 118 Å². The predicted molar refractivity (Wildman–Crippen MR) is 71.8 cm³/mol. The lowest BCUT2D eigenvalue weighted by atomic mass is 9.80. The zero-order valence-electron chi connectivity index (χ0n) is 11.6. The van der Waals surface area contributed by atoms with E-state index in [-0.39, 0.29) is 24.9 Å². The summed E-state index contributed by atoms with van der Waals surface area (Å²) in [4.78, 5) is 12.3. The Morgan fingerprint density at radius 3 is 2.75 bits per heavy atom. The summed E-state index contributed by atoms with van der Waals surface area (Å²) in [5.74, 6) is 1.95. The molecule has 1 aromatic rings. The first kappa shape index (κ1) is 12.2. The minimum absolute atomic E-state index is 0.0272. The van der Waals surface area contributed by atoms with Gasteiger partial charge in [-0.05, 0) is 36.1 Å². The highest BCUT2D eigenvalue weighted by Gasteiger charge is 2.48. The summed E-state index contributed by atoms with van der Waals surface area (Å²) < 4.78 is 16.8. The van der Waals surface area contributed by atoms with E-state index >= 15 is 0 Å². The lowest BCUT2D eigenvalue weighted by molar-refractivity contribution is -0.124. The molecule has 20 heavy (non-hydrogen) atoms. The summed E-state index contributed by atoms with van der Waals surface area (Å²) in [7, 11) is 0. The fourth-order valence-electron chi connectivity index (χ4n) is 3.51. The molecule has 3 aliphatic heterocycles. The van der Waals surface area contributed by atoms with Crippen molar-refractivity contribution in [3.8, 4) is 11.5 Å². The van der Waals surface area contributed by atoms with Crippen LogP contribution < -0.4 is 9.47 Å². The second-order valence-electron chi connectivity index (χ2n) is 5.79. The maximum atomic E-state index is 12.3. The minimum Gasteiger partial charge on any atom is -0.454 e. The minimum atomic E-state index is -0.0751. The monoisotopic (exact) mass is 274 g/mol. The lowest BCUT2D eigenvalue weighted by Crippen LogP contribution is -2.20. The van der Waals surface area contributed by atoms with E-state index in [0.29, 0.717) is 12.2 Å². The van der Waals surface area contributed by atoms with E-state index in [1.807, 2.05) is 12.1 Å². The van der Waals surface area contributed by atoms with Crippen LogP contribution in [0.2, 0.25) is 0 Å². The number of rotatable bonds is 4. The van der Waals surface area contributed by atoms with Crippen LogP contribution in [0.5, 0.6) is 11.5 Å². The molecule has 0 unspecified atom stereocenters. The normalized spacial score (nSPS) is 28.8. The van der Waals surface area contributed by atoms with E-state index in [9.17, 15) is 4.79 Å².